The molecule has 0 atom stereocenters. The van der Waals surface area contributed by atoms with Gasteiger partial charge in [0, 0.05) is 24.1 Å². The van der Waals surface area contributed by atoms with Gasteiger partial charge in [0.1, 0.15) is 0 Å². The summed E-state index contributed by atoms with van der Waals surface area (Å²) in [7, 11) is 3.19. The second-order valence-corrected chi connectivity index (χ2v) is 4.34. The van der Waals surface area contributed by atoms with Gasteiger partial charge in [-0.15, -0.1) is 0 Å². The third-order valence-electron chi connectivity index (χ3n) is 2.62. The minimum atomic E-state index is 0.519. The summed E-state index contributed by atoms with van der Waals surface area (Å²) >= 11 is 5.22. The number of thiocarbonyl (C=S) groups is 1. The molecule has 106 valence electrons. The third-order valence-corrected chi connectivity index (χ3v) is 2.87. The number of hydrogen-bond donors (Lipinski definition) is 2. The van der Waals surface area contributed by atoms with Crippen molar-refractivity contribution in [2.75, 3.05) is 19.5 Å². The van der Waals surface area contributed by atoms with E-state index >= 15 is 0 Å². The van der Waals surface area contributed by atoms with Crippen molar-refractivity contribution in [3.8, 4) is 11.5 Å². The van der Waals surface area contributed by atoms with Gasteiger partial charge in [0.15, 0.2) is 16.6 Å². The van der Waals surface area contributed by atoms with E-state index in [0.717, 1.165) is 5.69 Å². The van der Waals surface area contributed by atoms with Crippen LogP contribution in [-0.2, 0) is 6.67 Å². The zero-order valence-electron chi connectivity index (χ0n) is 11.3. The van der Waals surface area contributed by atoms with Crippen molar-refractivity contribution in [2.45, 2.75) is 6.67 Å². The third kappa shape index (κ3) is 3.61. The maximum Gasteiger partial charge on any atom is 0.172 e. The molecule has 1 heterocycles. The lowest BCUT2D eigenvalue weighted by Crippen LogP contribution is -2.29. The number of anilines is 1. The number of ether oxygens (including phenoxy) is 2. The lowest BCUT2D eigenvalue weighted by Gasteiger charge is -2.13. The molecule has 0 saturated carbocycles. The minimum absolute atomic E-state index is 0.519. The molecular formula is C13H16N4O2S. The van der Waals surface area contributed by atoms with Gasteiger partial charge in [0.2, 0.25) is 0 Å². The topological polar surface area (TPSA) is 60.3 Å². The molecule has 7 heteroatoms. The molecule has 0 unspecified atom stereocenters. The summed E-state index contributed by atoms with van der Waals surface area (Å²) in [6, 6.07) is 5.51. The molecule has 6 nitrogen and oxygen atoms in total. The first-order valence-corrected chi connectivity index (χ1v) is 6.36. The molecule has 2 N–H and O–H groups in total. The van der Waals surface area contributed by atoms with Crippen molar-refractivity contribution in [3.05, 3.63) is 36.9 Å². The predicted molar refractivity (Wildman–Crippen MR) is 81.1 cm³/mol. The molecule has 0 aliphatic carbocycles. The summed E-state index contributed by atoms with van der Waals surface area (Å²) < 4.78 is 12.3. The number of hydrogen-bond acceptors (Lipinski definition) is 4. The van der Waals surface area contributed by atoms with Crippen molar-refractivity contribution < 1.29 is 9.47 Å². The summed E-state index contributed by atoms with van der Waals surface area (Å²) in [5.74, 6) is 1.32. The molecule has 0 radical (unpaired) electrons. The standard InChI is InChI=1S/C13H16N4O2S/c1-18-11-4-3-10(7-12(11)19-2)16-13(20)15-9-17-6-5-14-8-17/h3-8H,9H2,1-2H3,(H2,15,16,20). The van der Waals surface area contributed by atoms with Crippen molar-refractivity contribution >= 4 is 23.0 Å². The lowest BCUT2D eigenvalue weighted by atomic mass is 10.3. The Labute approximate surface area is 122 Å². The van der Waals surface area contributed by atoms with Crippen LogP contribution >= 0.6 is 12.2 Å². The number of nitrogens with zero attached hydrogens (tertiary/aromatic N) is 2. The van der Waals surface area contributed by atoms with E-state index in [2.05, 4.69) is 15.6 Å². The van der Waals surface area contributed by atoms with E-state index in [1.54, 1.807) is 26.7 Å². The van der Waals surface area contributed by atoms with Crippen LogP contribution in [0.4, 0.5) is 5.69 Å². The molecular weight excluding hydrogens is 276 g/mol. The fourth-order valence-corrected chi connectivity index (χ4v) is 1.82. The SMILES string of the molecule is COc1ccc(NC(=S)NCn2ccnc2)cc1OC. The average Bonchev–Trinajstić information content (AvgIpc) is 2.98. The van der Waals surface area contributed by atoms with Crippen molar-refractivity contribution in [3.63, 3.8) is 0 Å². The average molecular weight is 292 g/mol. The highest BCUT2D eigenvalue weighted by molar-refractivity contribution is 7.80. The largest absolute Gasteiger partial charge is 0.493 e. The maximum atomic E-state index is 5.24. The Bertz CT molecular complexity index is 572. The normalized spacial score (nSPS) is 9.90. The van der Waals surface area contributed by atoms with Crippen LogP contribution in [0.2, 0.25) is 0 Å². The Morgan fingerprint density at radius 2 is 2.10 bits per heavy atom. The molecule has 20 heavy (non-hydrogen) atoms. The Hall–Kier alpha value is -2.28. The quantitative estimate of drug-likeness (QED) is 0.820. The van der Waals surface area contributed by atoms with Gasteiger partial charge in [-0.25, -0.2) is 4.98 Å². The van der Waals surface area contributed by atoms with Gasteiger partial charge in [0.25, 0.3) is 0 Å². The summed E-state index contributed by atoms with van der Waals surface area (Å²) in [6.45, 7) is 0.555. The van der Waals surface area contributed by atoms with Gasteiger partial charge in [-0.1, -0.05) is 0 Å². The van der Waals surface area contributed by atoms with Gasteiger partial charge in [0.05, 0.1) is 27.2 Å². The monoisotopic (exact) mass is 292 g/mol. The number of methoxy groups -OCH3 is 2. The fraction of sp³-hybridized carbons (Fsp3) is 0.231. The zero-order chi connectivity index (χ0) is 14.4. The van der Waals surface area contributed by atoms with E-state index in [1.165, 1.54) is 0 Å². The molecule has 1 aromatic carbocycles. The van der Waals surface area contributed by atoms with Crippen LogP contribution in [0.1, 0.15) is 0 Å². The molecule has 0 amide bonds. The number of rotatable bonds is 5. The number of imidazole rings is 1. The lowest BCUT2D eigenvalue weighted by molar-refractivity contribution is 0.355. The second kappa shape index (κ2) is 6.76. The molecule has 2 rings (SSSR count). The van der Waals surface area contributed by atoms with Gasteiger partial charge in [-0.3, -0.25) is 0 Å². The van der Waals surface area contributed by atoms with E-state index in [0.29, 0.717) is 23.3 Å². The second-order valence-electron chi connectivity index (χ2n) is 3.94. The highest BCUT2D eigenvalue weighted by atomic mass is 32.1. The van der Waals surface area contributed by atoms with Crippen LogP contribution in [0.15, 0.2) is 36.9 Å². The summed E-state index contributed by atoms with van der Waals surface area (Å²) in [5, 5.41) is 6.67. The van der Waals surface area contributed by atoms with E-state index in [1.807, 2.05) is 29.0 Å². The maximum absolute atomic E-state index is 5.24. The van der Waals surface area contributed by atoms with Crippen LogP contribution in [0.3, 0.4) is 0 Å². The van der Waals surface area contributed by atoms with Crippen LogP contribution in [0.5, 0.6) is 11.5 Å². The van der Waals surface area contributed by atoms with E-state index in [4.69, 9.17) is 21.7 Å². The molecule has 2 aromatic rings. The number of aromatic nitrogens is 2. The van der Waals surface area contributed by atoms with Crippen LogP contribution in [-0.4, -0.2) is 28.9 Å². The van der Waals surface area contributed by atoms with Gasteiger partial charge in [-0.2, -0.15) is 0 Å². The van der Waals surface area contributed by atoms with Crippen molar-refractivity contribution in [2.24, 2.45) is 0 Å². The molecule has 0 bridgehead atoms. The Balaban J connectivity index is 1.93. The van der Waals surface area contributed by atoms with Crippen LogP contribution < -0.4 is 20.1 Å². The number of nitrogens with one attached hydrogen (secondary N) is 2. The predicted octanol–water partition coefficient (Wildman–Crippen LogP) is 1.84. The van der Waals surface area contributed by atoms with Crippen LogP contribution in [0.25, 0.3) is 0 Å². The first kappa shape index (κ1) is 14.1. The highest BCUT2D eigenvalue weighted by Crippen LogP contribution is 2.29. The first-order chi connectivity index (χ1) is 9.72. The Morgan fingerprint density at radius 3 is 2.75 bits per heavy atom. The van der Waals surface area contributed by atoms with Crippen molar-refractivity contribution in [1.82, 2.24) is 14.9 Å². The highest BCUT2D eigenvalue weighted by Gasteiger charge is 2.05. The molecule has 0 fully saturated rings. The first-order valence-electron chi connectivity index (χ1n) is 5.95. The smallest absolute Gasteiger partial charge is 0.172 e. The van der Waals surface area contributed by atoms with Gasteiger partial charge >= 0.3 is 0 Å². The zero-order valence-corrected chi connectivity index (χ0v) is 12.1. The van der Waals surface area contributed by atoms with Crippen LogP contribution in [0, 0.1) is 0 Å². The van der Waals surface area contributed by atoms with Crippen molar-refractivity contribution in [1.29, 1.82) is 0 Å². The molecule has 0 aliphatic heterocycles. The summed E-state index contributed by atoms with van der Waals surface area (Å²) in [4.78, 5) is 3.95. The molecule has 0 aliphatic rings. The molecule has 1 aromatic heterocycles. The fourth-order valence-electron chi connectivity index (χ4n) is 1.63. The van der Waals surface area contributed by atoms with E-state index < -0.39 is 0 Å². The van der Waals surface area contributed by atoms with E-state index in [-0.39, 0.29) is 0 Å². The Kier molecular flexibility index (Phi) is 4.78. The van der Waals surface area contributed by atoms with E-state index in [9.17, 15) is 0 Å². The Morgan fingerprint density at radius 1 is 1.30 bits per heavy atom. The van der Waals surface area contributed by atoms with Gasteiger partial charge in [-0.05, 0) is 24.4 Å². The van der Waals surface area contributed by atoms with Gasteiger partial charge < -0.3 is 24.7 Å². The summed E-state index contributed by atoms with van der Waals surface area (Å²) in [5.41, 5.74) is 0.825. The summed E-state index contributed by atoms with van der Waals surface area (Å²) in [6.07, 6.45) is 5.28. The molecule has 0 saturated heterocycles. The number of benzene rings is 1. The minimum Gasteiger partial charge on any atom is -0.493 e. The molecule has 0 spiro atoms.